The van der Waals surface area contributed by atoms with E-state index in [9.17, 15) is 0 Å². The number of fused-ring (bicyclic) bond motifs is 1. The summed E-state index contributed by atoms with van der Waals surface area (Å²) in [4.78, 5) is 0. The van der Waals surface area contributed by atoms with Crippen LogP contribution in [0.25, 0.3) is 5.52 Å². The van der Waals surface area contributed by atoms with Crippen molar-refractivity contribution in [1.29, 1.82) is 0 Å². The first-order valence-electron chi connectivity index (χ1n) is 3.50. The van der Waals surface area contributed by atoms with Crippen molar-refractivity contribution in [1.82, 2.24) is 14.2 Å². The third-order valence-corrected chi connectivity index (χ3v) is 1.70. The normalized spacial score (nSPS) is 12.6. The Kier molecular flexibility index (Phi) is 1.36. The standard InChI is InChI=1S/C7H8N4O/c1-10-5-6-3-2-4-8-11(6)7(10)9-12/h2-5,12H,1H3/b9-7-. The van der Waals surface area contributed by atoms with E-state index in [1.165, 1.54) is 0 Å². The molecule has 2 heterocycles. The Hall–Kier alpha value is -1.78. The molecule has 5 nitrogen and oxygen atoms in total. The van der Waals surface area contributed by atoms with Crippen LogP contribution in [0, 0.1) is 0 Å². The predicted molar refractivity (Wildman–Crippen MR) is 41.5 cm³/mol. The van der Waals surface area contributed by atoms with Crippen LogP contribution in [0.1, 0.15) is 0 Å². The van der Waals surface area contributed by atoms with Crippen LogP contribution < -0.4 is 5.62 Å². The molecule has 0 fully saturated rings. The van der Waals surface area contributed by atoms with Crippen molar-refractivity contribution in [2.24, 2.45) is 12.2 Å². The molecule has 0 radical (unpaired) electrons. The maximum atomic E-state index is 8.65. The molecule has 0 bridgehead atoms. The Balaban J connectivity index is 3.01. The van der Waals surface area contributed by atoms with Gasteiger partial charge >= 0.3 is 0 Å². The molecule has 62 valence electrons. The molecule has 0 amide bonds. The molecule has 0 atom stereocenters. The zero-order chi connectivity index (χ0) is 8.55. The Morgan fingerprint density at radius 2 is 2.42 bits per heavy atom. The van der Waals surface area contributed by atoms with Crippen molar-refractivity contribution >= 4 is 5.52 Å². The van der Waals surface area contributed by atoms with Crippen LogP contribution in [-0.4, -0.2) is 19.4 Å². The van der Waals surface area contributed by atoms with Gasteiger partial charge in [0.2, 0.25) is 0 Å². The van der Waals surface area contributed by atoms with E-state index in [4.69, 9.17) is 5.21 Å². The van der Waals surface area contributed by atoms with Crippen LogP contribution >= 0.6 is 0 Å². The highest BCUT2D eigenvalue weighted by Crippen LogP contribution is 1.94. The first kappa shape index (κ1) is 6.90. The van der Waals surface area contributed by atoms with Crippen molar-refractivity contribution in [2.45, 2.75) is 0 Å². The zero-order valence-corrected chi connectivity index (χ0v) is 6.55. The molecule has 0 unspecified atom stereocenters. The SMILES string of the molecule is Cn1cc2cccnn2/c1=N\O. The lowest BCUT2D eigenvalue weighted by atomic mass is 10.5. The summed E-state index contributed by atoms with van der Waals surface area (Å²) in [5.41, 5.74) is 1.30. The van der Waals surface area contributed by atoms with E-state index in [-0.39, 0.29) is 0 Å². The summed E-state index contributed by atoms with van der Waals surface area (Å²) >= 11 is 0. The van der Waals surface area contributed by atoms with E-state index >= 15 is 0 Å². The molecule has 2 aromatic heterocycles. The minimum Gasteiger partial charge on any atom is -0.408 e. The Morgan fingerprint density at radius 3 is 3.17 bits per heavy atom. The fourth-order valence-corrected chi connectivity index (χ4v) is 1.17. The molecule has 0 aliphatic heterocycles. The van der Waals surface area contributed by atoms with E-state index in [0.717, 1.165) is 5.52 Å². The van der Waals surface area contributed by atoms with Crippen molar-refractivity contribution in [3.8, 4) is 0 Å². The Morgan fingerprint density at radius 1 is 1.58 bits per heavy atom. The van der Waals surface area contributed by atoms with Gasteiger partial charge in [-0.3, -0.25) is 0 Å². The number of aromatic nitrogens is 3. The summed E-state index contributed by atoms with van der Waals surface area (Å²) in [6.45, 7) is 0. The molecule has 0 aliphatic rings. The molecule has 0 spiro atoms. The van der Waals surface area contributed by atoms with Gasteiger partial charge in [-0.2, -0.15) is 9.61 Å². The van der Waals surface area contributed by atoms with Gasteiger partial charge < -0.3 is 9.77 Å². The molecule has 1 N–H and O–H groups in total. The molecular formula is C7H8N4O. The lowest BCUT2D eigenvalue weighted by molar-refractivity contribution is 0.289. The van der Waals surface area contributed by atoms with Crippen molar-refractivity contribution < 1.29 is 5.21 Å². The van der Waals surface area contributed by atoms with Crippen LogP contribution in [0.15, 0.2) is 29.7 Å². The molecule has 0 aromatic carbocycles. The van der Waals surface area contributed by atoms with Gasteiger partial charge in [0, 0.05) is 19.4 Å². The minimum atomic E-state index is 0.408. The third-order valence-electron chi connectivity index (χ3n) is 1.70. The Labute approximate surface area is 68.2 Å². The molecule has 0 saturated carbocycles. The quantitative estimate of drug-likeness (QED) is 0.439. The lowest BCUT2D eigenvalue weighted by Crippen LogP contribution is -2.20. The number of aryl methyl sites for hydroxylation is 1. The first-order chi connectivity index (χ1) is 5.83. The van der Waals surface area contributed by atoms with Gasteiger partial charge in [-0.05, 0) is 17.3 Å². The third kappa shape index (κ3) is 0.795. The van der Waals surface area contributed by atoms with Crippen LogP contribution in [0.5, 0.6) is 0 Å². The molecule has 2 aromatic rings. The average Bonchev–Trinajstić information content (AvgIpc) is 2.40. The molecule has 5 heteroatoms. The summed E-state index contributed by atoms with van der Waals surface area (Å²) in [6, 6.07) is 3.72. The summed E-state index contributed by atoms with van der Waals surface area (Å²) in [5.74, 6) is 0. The van der Waals surface area contributed by atoms with Gasteiger partial charge in [0.25, 0.3) is 5.62 Å². The second-order valence-electron chi connectivity index (χ2n) is 2.50. The van der Waals surface area contributed by atoms with Crippen LogP contribution in [0.2, 0.25) is 0 Å². The number of hydrogen-bond acceptors (Lipinski definition) is 3. The zero-order valence-electron chi connectivity index (χ0n) is 6.55. The van der Waals surface area contributed by atoms with E-state index < -0.39 is 0 Å². The molecule has 2 rings (SSSR count). The second kappa shape index (κ2) is 2.37. The van der Waals surface area contributed by atoms with E-state index in [0.29, 0.717) is 5.62 Å². The largest absolute Gasteiger partial charge is 0.408 e. The number of hydrogen-bond donors (Lipinski definition) is 1. The minimum absolute atomic E-state index is 0.408. The highest BCUT2D eigenvalue weighted by Gasteiger charge is 1.98. The summed E-state index contributed by atoms with van der Waals surface area (Å²) in [6.07, 6.45) is 3.48. The van der Waals surface area contributed by atoms with Crippen LogP contribution in [0.4, 0.5) is 0 Å². The predicted octanol–water partition coefficient (Wildman–Crippen LogP) is -0.0373. The van der Waals surface area contributed by atoms with Crippen molar-refractivity contribution in [2.75, 3.05) is 0 Å². The average molecular weight is 164 g/mol. The van der Waals surface area contributed by atoms with Gasteiger partial charge in [0.15, 0.2) is 0 Å². The van der Waals surface area contributed by atoms with Crippen molar-refractivity contribution in [3.63, 3.8) is 0 Å². The number of rotatable bonds is 0. The second-order valence-corrected chi connectivity index (χ2v) is 2.50. The summed E-state index contributed by atoms with van der Waals surface area (Å²) < 4.78 is 3.25. The van der Waals surface area contributed by atoms with Gasteiger partial charge in [-0.15, -0.1) is 0 Å². The molecule has 0 saturated heterocycles. The van der Waals surface area contributed by atoms with Gasteiger partial charge in [-0.25, -0.2) is 0 Å². The summed E-state index contributed by atoms with van der Waals surface area (Å²) in [5, 5.41) is 15.8. The smallest absolute Gasteiger partial charge is 0.267 e. The highest BCUT2D eigenvalue weighted by molar-refractivity contribution is 5.42. The maximum absolute atomic E-state index is 8.65. The molecule has 12 heavy (non-hydrogen) atoms. The summed E-state index contributed by atoms with van der Waals surface area (Å²) in [7, 11) is 1.80. The fraction of sp³-hybridized carbons (Fsp3) is 0.143. The van der Waals surface area contributed by atoms with E-state index in [2.05, 4.69) is 10.3 Å². The topological polar surface area (TPSA) is 54.8 Å². The number of nitrogens with zero attached hydrogens (tertiary/aromatic N) is 4. The molecular weight excluding hydrogens is 156 g/mol. The lowest BCUT2D eigenvalue weighted by Gasteiger charge is -1.88. The Bertz CT molecular complexity index is 467. The van der Waals surface area contributed by atoms with Gasteiger partial charge in [0.05, 0.1) is 5.52 Å². The first-order valence-corrected chi connectivity index (χ1v) is 3.50. The van der Waals surface area contributed by atoms with Gasteiger partial charge in [0.1, 0.15) is 0 Å². The van der Waals surface area contributed by atoms with E-state index in [1.54, 1.807) is 22.3 Å². The van der Waals surface area contributed by atoms with Crippen LogP contribution in [0.3, 0.4) is 0 Å². The number of imidazole rings is 1. The van der Waals surface area contributed by atoms with Crippen molar-refractivity contribution in [3.05, 3.63) is 30.1 Å². The van der Waals surface area contributed by atoms with Gasteiger partial charge in [-0.1, -0.05) is 0 Å². The van der Waals surface area contributed by atoms with Crippen LogP contribution in [-0.2, 0) is 7.05 Å². The van der Waals surface area contributed by atoms with E-state index in [1.807, 2.05) is 18.3 Å². The molecule has 0 aliphatic carbocycles. The highest BCUT2D eigenvalue weighted by atomic mass is 16.4. The maximum Gasteiger partial charge on any atom is 0.267 e. The fourth-order valence-electron chi connectivity index (χ4n) is 1.17. The monoisotopic (exact) mass is 164 g/mol.